The fraction of sp³-hybridized carbons (Fsp3) is 0.625. The van der Waals surface area contributed by atoms with Gasteiger partial charge in [-0.1, -0.05) is 43.7 Å². The van der Waals surface area contributed by atoms with Crippen LogP contribution in [0.2, 0.25) is 0 Å². The van der Waals surface area contributed by atoms with Gasteiger partial charge < -0.3 is 20.4 Å². The monoisotopic (exact) mass is 430 g/mol. The lowest BCUT2D eigenvalue weighted by atomic mass is 10.0. The van der Waals surface area contributed by atoms with Crippen molar-refractivity contribution in [1.29, 1.82) is 0 Å². The van der Waals surface area contributed by atoms with Crippen LogP contribution in [0.15, 0.2) is 30.3 Å². The van der Waals surface area contributed by atoms with Gasteiger partial charge in [0.25, 0.3) is 0 Å². The number of piperazine rings is 1. The number of carbonyl (C=O) groups is 3. The van der Waals surface area contributed by atoms with Gasteiger partial charge in [0.15, 0.2) is 0 Å². The van der Waals surface area contributed by atoms with Crippen molar-refractivity contribution in [1.82, 2.24) is 20.4 Å². The minimum atomic E-state index is -0.667. The molecule has 0 saturated carbocycles. The van der Waals surface area contributed by atoms with Gasteiger partial charge in [0.2, 0.25) is 11.8 Å². The second-order valence-corrected chi connectivity index (χ2v) is 9.41. The van der Waals surface area contributed by atoms with E-state index in [9.17, 15) is 14.4 Å². The van der Waals surface area contributed by atoms with Gasteiger partial charge in [0.05, 0.1) is 0 Å². The van der Waals surface area contributed by atoms with Gasteiger partial charge in [-0.2, -0.15) is 0 Å². The van der Waals surface area contributed by atoms with E-state index in [1.807, 2.05) is 62.9 Å². The summed E-state index contributed by atoms with van der Waals surface area (Å²) in [4.78, 5) is 42.0. The van der Waals surface area contributed by atoms with Crippen molar-refractivity contribution in [3.8, 4) is 0 Å². The number of rotatable bonds is 7. The van der Waals surface area contributed by atoms with Crippen molar-refractivity contribution in [2.75, 3.05) is 19.6 Å². The minimum absolute atomic E-state index is 0.0390. The topological polar surface area (TPSA) is 81.8 Å². The van der Waals surface area contributed by atoms with Crippen molar-refractivity contribution in [2.45, 2.75) is 77.9 Å². The summed E-state index contributed by atoms with van der Waals surface area (Å²) in [6.45, 7) is 11.2. The number of amides is 4. The molecule has 0 spiro atoms. The van der Waals surface area contributed by atoms with Gasteiger partial charge in [0.1, 0.15) is 6.04 Å². The molecule has 0 unspecified atom stereocenters. The van der Waals surface area contributed by atoms with E-state index in [0.29, 0.717) is 32.5 Å². The first kappa shape index (κ1) is 24.7. The number of urea groups is 1. The predicted molar refractivity (Wildman–Crippen MR) is 123 cm³/mol. The number of unbranched alkanes of at least 4 members (excludes halogenated alkanes) is 1. The zero-order valence-electron chi connectivity index (χ0n) is 19.6. The van der Waals surface area contributed by atoms with Crippen molar-refractivity contribution in [3.63, 3.8) is 0 Å². The first-order valence-corrected chi connectivity index (χ1v) is 11.3. The summed E-state index contributed by atoms with van der Waals surface area (Å²) in [7, 11) is 0. The minimum Gasteiger partial charge on any atom is -0.337 e. The molecular formula is C24H38N4O3. The molecule has 7 nitrogen and oxygen atoms in total. The summed E-state index contributed by atoms with van der Waals surface area (Å²) in [6.07, 6.45) is 2.85. The molecule has 1 saturated heterocycles. The first-order valence-electron chi connectivity index (χ1n) is 11.3. The second kappa shape index (κ2) is 11.2. The van der Waals surface area contributed by atoms with E-state index in [4.69, 9.17) is 0 Å². The Bertz CT molecular complexity index is 745. The Morgan fingerprint density at radius 2 is 1.81 bits per heavy atom. The molecule has 1 aromatic rings. The smallest absolute Gasteiger partial charge is 0.315 e. The Morgan fingerprint density at radius 3 is 2.39 bits per heavy atom. The lowest BCUT2D eigenvalue weighted by Crippen LogP contribution is -2.60. The lowest BCUT2D eigenvalue weighted by Gasteiger charge is -2.41. The summed E-state index contributed by atoms with van der Waals surface area (Å²) in [6, 6.07) is 8.62. The number of nitrogens with one attached hydrogen (secondary N) is 2. The number of hydrogen-bond acceptors (Lipinski definition) is 3. The third-order valence-corrected chi connectivity index (χ3v) is 5.38. The Labute approximate surface area is 186 Å². The summed E-state index contributed by atoms with van der Waals surface area (Å²) in [5.41, 5.74) is 0.585. The van der Waals surface area contributed by atoms with Crippen LogP contribution in [-0.4, -0.2) is 64.9 Å². The van der Waals surface area contributed by atoms with Gasteiger partial charge in [0, 0.05) is 44.1 Å². The fourth-order valence-corrected chi connectivity index (χ4v) is 3.81. The highest BCUT2D eigenvalue weighted by Crippen LogP contribution is 2.15. The second-order valence-electron chi connectivity index (χ2n) is 9.41. The van der Waals surface area contributed by atoms with Gasteiger partial charge in [-0.05, 0) is 39.7 Å². The summed E-state index contributed by atoms with van der Waals surface area (Å²) < 4.78 is 0. The molecule has 4 amide bonds. The quantitative estimate of drug-likeness (QED) is 0.698. The van der Waals surface area contributed by atoms with Crippen molar-refractivity contribution in [3.05, 3.63) is 35.9 Å². The largest absolute Gasteiger partial charge is 0.337 e. The molecule has 172 valence electrons. The maximum atomic E-state index is 13.4. The van der Waals surface area contributed by atoms with Gasteiger partial charge in [-0.25, -0.2) is 4.79 Å². The van der Waals surface area contributed by atoms with Crippen LogP contribution < -0.4 is 10.6 Å². The van der Waals surface area contributed by atoms with Gasteiger partial charge in [-0.15, -0.1) is 0 Å². The van der Waals surface area contributed by atoms with E-state index < -0.39 is 11.6 Å². The van der Waals surface area contributed by atoms with Crippen LogP contribution in [0.5, 0.6) is 0 Å². The number of carbonyl (C=O) groups excluding carboxylic acids is 3. The molecule has 0 aromatic heterocycles. The van der Waals surface area contributed by atoms with E-state index in [2.05, 4.69) is 17.6 Å². The summed E-state index contributed by atoms with van der Waals surface area (Å²) in [5.74, 6) is 0.0467. The average molecular weight is 431 g/mol. The summed E-state index contributed by atoms with van der Waals surface area (Å²) >= 11 is 0. The standard InChI is InChI=1S/C24H38N4O3/c1-6-7-13-21(29)28-15-14-27(17-18(28)2)22(30)20(16-19-11-9-8-10-12-19)25-23(31)26-24(3,4)5/h8-12,18,20H,6-7,13-17H2,1-5H3,(H2,25,26,31)/t18-,20+/m1/s1. The van der Waals surface area contributed by atoms with Crippen LogP contribution in [0.1, 0.15) is 59.4 Å². The zero-order valence-corrected chi connectivity index (χ0v) is 19.6. The molecule has 1 aromatic carbocycles. The maximum absolute atomic E-state index is 13.4. The first-order chi connectivity index (χ1) is 14.6. The van der Waals surface area contributed by atoms with E-state index in [1.54, 1.807) is 4.90 Å². The van der Waals surface area contributed by atoms with Crippen LogP contribution in [0.25, 0.3) is 0 Å². The number of benzene rings is 1. The molecule has 1 aliphatic heterocycles. The molecule has 2 rings (SSSR count). The molecule has 0 aliphatic carbocycles. The highest BCUT2D eigenvalue weighted by Gasteiger charge is 2.33. The Morgan fingerprint density at radius 1 is 1.13 bits per heavy atom. The Hall–Kier alpha value is -2.57. The molecule has 0 radical (unpaired) electrons. The van der Waals surface area contributed by atoms with Crippen LogP contribution in [0.4, 0.5) is 4.79 Å². The highest BCUT2D eigenvalue weighted by atomic mass is 16.2. The average Bonchev–Trinajstić information content (AvgIpc) is 2.70. The van der Waals surface area contributed by atoms with E-state index >= 15 is 0 Å². The molecule has 1 aliphatic rings. The molecule has 1 fully saturated rings. The third-order valence-electron chi connectivity index (χ3n) is 5.38. The predicted octanol–water partition coefficient (Wildman–Crippen LogP) is 2.94. The molecule has 31 heavy (non-hydrogen) atoms. The molecule has 0 bridgehead atoms. The summed E-state index contributed by atoms with van der Waals surface area (Å²) in [5, 5.41) is 5.74. The normalized spacial score (nSPS) is 17.8. The van der Waals surface area contributed by atoms with Crippen molar-refractivity contribution >= 4 is 17.8 Å². The SMILES string of the molecule is CCCCC(=O)N1CCN(C(=O)[C@H](Cc2ccccc2)NC(=O)NC(C)(C)C)C[C@H]1C. The molecule has 2 N–H and O–H groups in total. The Kier molecular flexibility index (Phi) is 8.89. The van der Waals surface area contributed by atoms with Crippen molar-refractivity contribution < 1.29 is 14.4 Å². The fourth-order valence-electron chi connectivity index (χ4n) is 3.81. The molecule has 1 heterocycles. The maximum Gasteiger partial charge on any atom is 0.315 e. The number of hydrogen-bond donors (Lipinski definition) is 2. The number of nitrogens with zero attached hydrogens (tertiary/aromatic N) is 2. The van der Waals surface area contributed by atoms with Crippen molar-refractivity contribution in [2.24, 2.45) is 0 Å². The van der Waals surface area contributed by atoms with Crippen LogP contribution in [0, 0.1) is 0 Å². The Balaban J connectivity index is 2.08. The van der Waals surface area contributed by atoms with E-state index in [0.717, 1.165) is 18.4 Å². The van der Waals surface area contributed by atoms with E-state index in [-0.39, 0.29) is 23.9 Å². The molecule has 7 heteroatoms. The highest BCUT2D eigenvalue weighted by molar-refractivity contribution is 5.88. The lowest BCUT2D eigenvalue weighted by molar-refractivity contribution is -0.143. The van der Waals surface area contributed by atoms with Gasteiger partial charge >= 0.3 is 6.03 Å². The zero-order chi connectivity index (χ0) is 23.0. The molecule has 2 atom stereocenters. The van der Waals surface area contributed by atoms with Crippen LogP contribution >= 0.6 is 0 Å². The third kappa shape index (κ3) is 7.89. The van der Waals surface area contributed by atoms with Crippen LogP contribution in [0.3, 0.4) is 0 Å². The molecular weight excluding hydrogens is 392 g/mol. The van der Waals surface area contributed by atoms with Gasteiger partial charge in [-0.3, -0.25) is 9.59 Å². The van der Waals surface area contributed by atoms with Crippen LogP contribution in [-0.2, 0) is 16.0 Å². The van der Waals surface area contributed by atoms with E-state index in [1.165, 1.54) is 0 Å².